The molecule has 1 aromatic carbocycles. The van der Waals surface area contributed by atoms with Crippen LogP contribution >= 0.6 is 11.3 Å². The van der Waals surface area contributed by atoms with Crippen LogP contribution in [-0.2, 0) is 44.1 Å². The van der Waals surface area contributed by atoms with Crippen molar-refractivity contribution in [3.05, 3.63) is 42.2 Å². The molecule has 41 heavy (non-hydrogen) atoms. The van der Waals surface area contributed by atoms with Crippen LogP contribution in [0.25, 0.3) is 10.4 Å². The van der Waals surface area contributed by atoms with E-state index in [4.69, 9.17) is 9.57 Å². The van der Waals surface area contributed by atoms with E-state index in [1.165, 1.54) is 37.4 Å². The molecule has 1 amide bonds. The van der Waals surface area contributed by atoms with Crippen molar-refractivity contribution in [3.8, 4) is 10.4 Å². The zero-order valence-corrected chi connectivity index (χ0v) is 24.8. The standard InChI is InChI=1S/C24H31FN4O9S3/c1-27(16-21(30)36-2)41(34,35)28-12-13-29(19(15-28)24(31)26-38-22-5-3-4-14-37-22)40(32,33)23-11-10-20(39-23)17-6-8-18(25)9-7-17/h6-11,19,22H,3-5,12-16H2,1-2H3,(H,26,31). The number of thiophene rings is 1. The van der Waals surface area contributed by atoms with Crippen LogP contribution in [0, 0.1) is 5.82 Å². The van der Waals surface area contributed by atoms with E-state index in [0.717, 1.165) is 44.2 Å². The van der Waals surface area contributed by atoms with Crippen molar-refractivity contribution >= 4 is 43.4 Å². The lowest BCUT2D eigenvalue weighted by molar-refractivity contribution is -0.202. The van der Waals surface area contributed by atoms with Crippen LogP contribution in [0.5, 0.6) is 0 Å². The summed E-state index contributed by atoms with van der Waals surface area (Å²) in [6, 6.07) is 7.02. The number of hydroxylamine groups is 1. The van der Waals surface area contributed by atoms with E-state index < -0.39 is 63.3 Å². The topological polar surface area (TPSA) is 152 Å². The number of nitrogens with zero attached hydrogens (tertiary/aromatic N) is 3. The molecule has 2 unspecified atom stereocenters. The molecule has 2 aliphatic rings. The lowest BCUT2D eigenvalue weighted by Gasteiger charge is -2.39. The van der Waals surface area contributed by atoms with Gasteiger partial charge in [0.2, 0.25) is 0 Å². The number of nitrogens with one attached hydrogen (secondary N) is 1. The number of esters is 1. The molecular formula is C24H31FN4O9S3. The largest absolute Gasteiger partial charge is 0.468 e. The van der Waals surface area contributed by atoms with Gasteiger partial charge in [-0.15, -0.1) is 11.3 Å². The van der Waals surface area contributed by atoms with E-state index in [9.17, 15) is 30.8 Å². The number of carbonyl (C=O) groups excluding carboxylic acids is 2. The number of likely N-dealkylation sites (N-methyl/N-ethyl adjacent to an activating group) is 1. The Kier molecular flexibility index (Phi) is 10.1. The highest BCUT2D eigenvalue weighted by Crippen LogP contribution is 2.34. The van der Waals surface area contributed by atoms with Crippen LogP contribution in [-0.4, -0.2) is 101 Å². The van der Waals surface area contributed by atoms with Crippen molar-refractivity contribution in [2.75, 3.05) is 46.9 Å². The molecule has 0 spiro atoms. The smallest absolute Gasteiger partial charge is 0.321 e. The molecule has 0 saturated carbocycles. The molecule has 0 aliphatic carbocycles. The summed E-state index contributed by atoms with van der Waals surface area (Å²) in [4.78, 5) is 30.9. The summed E-state index contributed by atoms with van der Waals surface area (Å²) in [6.45, 7) is -1.30. The number of amides is 1. The Morgan fingerprint density at radius 3 is 2.51 bits per heavy atom. The fourth-order valence-electron chi connectivity index (χ4n) is 4.32. The fraction of sp³-hybridized carbons (Fsp3) is 0.500. The van der Waals surface area contributed by atoms with Gasteiger partial charge in [-0.25, -0.2) is 23.1 Å². The number of methoxy groups -OCH3 is 1. The highest BCUT2D eigenvalue weighted by atomic mass is 32.2. The molecule has 226 valence electrons. The van der Waals surface area contributed by atoms with Crippen molar-refractivity contribution in [1.82, 2.24) is 18.4 Å². The van der Waals surface area contributed by atoms with Gasteiger partial charge in [-0.05, 0) is 42.7 Å². The average Bonchev–Trinajstić information content (AvgIpc) is 3.48. The SMILES string of the molecule is COC(=O)CN(C)S(=O)(=O)N1CCN(S(=O)(=O)c2ccc(-c3ccc(F)cc3)s2)C(C(=O)NOC2CCCCO2)C1. The molecule has 2 saturated heterocycles. The summed E-state index contributed by atoms with van der Waals surface area (Å²) in [5.74, 6) is -2.10. The number of ether oxygens (including phenoxy) is 2. The maximum atomic E-state index is 13.8. The number of halogens is 1. The van der Waals surface area contributed by atoms with E-state index in [2.05, 4.69) is 10.2 Å². The second-order valence-corrected chi connectivity index (χ2v) is 14.6. The molecule has 2 aliphatic heterocycles. The Hall–Kier alpha value is -2.51. The summed E-state index contributed by atoms with van der Waals surface area (Å²) >= 11 is 0.936. The van der Waals surface area contributed by atoms with Gasteiger partial charge < -0.3 is 9.47 Å². The van der Waals surface area contributed by atoms with E-state index in [0.29, 0.717) is 23.5 Å². The normalized spacial score (nSPS) is 21.1. The Morgan fingerprint density at radius 2 is 1.85 bits per heavy atom. The van der Waals surface area contributed by atoms with Gasteiger partial charge in [0, 0.05) is 44.6 Å². The molecule has 1 aromatic heterocycles. The molecule has 1 N–H and O–H groups in total. The van der Waals surface area contributed by atoms with Crippen LogP contribution in [0.2, 0.25) is 0 Å². The van der Waals surface area contributed by atoms with Gasteiger partial charge in [0.15, 0.2) is 6.29 Å². The minimum Gasteiger partial charge on any atom is -0.468 e. The maximum Gasteiger partial charge on any atom is 0.321 e. The lowest BCUT2D eigenvalue weighted by atomic mass is 10.2. The van der Waals surface area contributed by atoms with Crippen LogP contribution < -0.4 is 5.48 Å². The molecule has 4 rings (SSSR count). The van der Waals surface area contributed by atoms with Gasteiger partial charge in [-0.3, -0.25) is 9.59 Å². The number of benzene rings is 1. The third-order valence-corrected chi connectivity index (χ3v) is 12.0. The van der Waals surface area contributed by atoms with Crippen molar-refractivity contribution in [1.29, 1.82) is 0 Å². The first-order valence-electron chi connectivity index (χ1n) is 12.7. The third kappa shape index (κ3) is 7.29. The summed E-state index contributed by atoms with van der Waals surface area (Å²) in [5, 5.41) is 0. The van der Waals surface area contributed by atoms with E-state index in [-0.39, 0.29) is 17.3 Å². The molecule has 3 heterocycles. The van der Waals surface area contributed by atoms with Gasteiger partial charge in [0.25, 0.3) is 26.1 Å². The minimum atomic E-state index is -4.29. The number of piperazine rings is 1. The molecule has 2 atom stereocenters. The molecule has 2 aromatic rings. The zero-order valence-electron chi connectivity index (χ0n) is 22.4. The monoisotopic (exact) mass is 634 g/mol. The number of hydrogen-bond acceptors (Lipinski definition) is 10. The quantitative estimate of drug-likeness (QED) is 0.300. The summed E-state index contributed by atoms with van der Waals surface area (Å²) in [5.41, 5.74) is 2.85. The second kappa shape index (κ2) is 13.2. The van der Waals surface area contributed by atoms with Gasteiger partial charge >= 0.3 is 5.97 Å². The molecular weight excluding hydrogens is 603 g/mol. The molecule has 2 fully saturated rings. The Labute approximate surface area is 241 Å². The maximum absolute atomic E-state index is 13.8. The predicted molar refractivity (Wildman–Crippen MR) is 145 cm³/mol. The van der Waals surface area contributed by atoms with Crippen molar-refractivity contribution in [2.24, 2.45) is 0 Å². The molecule has 0 radical (unpaired) electrons. The molecule has 0 bridgehead atoms. The Morgan fingerprint density at radius 1 is 1.12 bits per heavy atom. The first kappa shape index (κ1) is 31.4. The first-order valence-corrected chi connectivity index (χ1v) is 16.3. The van der Waals surface area contributed by atoms with E-state index in [1.807, 2.05) is 0 Å². The fourth-order valence-corrected chi connectivity index (χ4v) is 8.63. The Balaban J connectivity index is 1.59. The van der Waals surface area contributed by atoms with Crippen LogP contribution in [0.1, 0.15) is 19.3 Å². The van der Waals surface area contributed by atoms with Crippen molar-refractivity contribution in [2.45, 2.75) is 35.8 Å². The van der Waals surface area contributed by atoms with Gasteiger partial charge in [0.1, 0.15) is 22.6 Å². The number of rotatable bonds is 10. The lowest BCUT2D eigenvalue weighted by Crippen LogP contribution is -2.62. The van der Waals surface area contributed by atoms with Gasteiger partial charge in [-0.2, -0.15) is 21.3 Å². The van der Waals surface area contributed by atoms with Crippen LogP contribution in [0.3, 0.4) is 0 Å². The van der Waals surface area contributed by atoms with Gasteiger partial charge in [0.05, 0.1) is 7.11 Å². The highest BCUT2D eigenvalue weighted by Gasteiger charge is 2.45. The van der Waals surface area contributed by atoms with Crippen molar-refractivity contribution in [3.63, 3.8) is 0 Å². The Bertz CT molecular complexity index is 1440. The second-order valence-electron chi connectivity index (χ2n) is 9.34. The minimum absolute atomic E-state index is 0.0785. The number of hydrogen-bond donors (Lipinski definition) is 1. The van der Waals surface area contributed by atoms with E-state index in [1.54, 1.807) is 6.07 Å². The highest BCUT2D eigenvalue weighted by molar-refractivity contribution is 7.91. The number of sulfonamides is 1. The average molecular weight is 635 g/mol. The third-order valence-electron chi connectivity index (χ3n) is 6.60. The summed E-state index contributed by atoms with van der Waals surface area (Å²) in [7, 11) is -6.26. The summed E-state index contributed by atoms with van der Waals surface area (Å²) in [6.07, 6.45) is 1.46. The van der Waals surface area contributed by atoms with Crippen molar-refractivity contribution < 1.29 is 45.1 Å². The van der Waals surface area contributed by atoms with E-state index >= 15 is 0 Å². The number of carbonyl (C=O) groups is 2. The van der Waals surface area contributed by atoms with Crippen LogP contribution in [0.4, 0.5) is 4.39 Å². The molecule has 17 heteroatoms. The van der Waals surface area contributed by atoms with Crippen LogP contribution in [0.15, 0.2) is 40.6 Å². The predicted octanol–water partition coefficient (Wildman–Crippen LogP) is 1.15. The summed E-state index contributed by atoms with van der Waals surface area (Å²) < 4.78 is 79.8. The zero-order chi connectivity index (χ0) is 29.8. The first-order chi connectivity index (χ1) is 19.4. The molecule has 13 nitrogen and oxygen atoms in total. The van der Waals surface area contributed by atoms with Gasteiger partial charge in [-0.1, -0.05) is 12.1 Å².